The third-order valence-electron chi connectivity index (χ3n) is 10.5. The molecule has 2 atom stereocenters. The quantitative estimate of drug-likeness (QED) is 0.156. The van der Waals surface area contributed by atoms with Gasteiger partial charge in [0.2, 0.25) is 5.91 Å². The zero-order chi connectivity index (χ0) is 36.1. The summed E-state index contributed by atoms with van der Waals surface area (Å²) in [4.78, 5) is 41.5. The molecule has 3 aromatic heterocycles. The van der Waals surface area contributed by atoms with Crippen molar-refractivity contribution >= 4 is 51.1 Å². The Labute approximate surface area is 305 Å². The highest BCUT2D eigenvalue weighted by atomic mass is 35.5. The molecule has 1 amide bonds. The SMILES string of the molecule is Cc1cc(/C=C/C(=O)N2CC(CN(C)c3nc(OC[C@@]45CCCN4C[C@H](F)C5)nc4c(F)c(-c5cccc6cccc(Cl)c56)ncc34)C2)nc(C)n1. The van der Waals surface area contributed by atoms with Crippen molar-refractivity contribution in [3.63, 3.8) is 0 Å². The van der Waals surface area contributed by atoms with Crippen molar-refractivity contribution < 1.29 is 18.3 Å². The number of aromatic nitrogens is 5. The number of fused-ring (bicyclic) bond motifs is 3. The summed E-state index contributed by atoms with van der Waals surface area (Å²) in [6, 6.07) is 13.0. The first-order chi connectivity index (χ1) is 25.1. The van der Waals surface area contributed by atoms with Crippen LogP contribution in [0.5, 0.6) is 6.01 Å². The standard InChI is InChI=1S/C39H39ClF2N8O2/c1-23-15-28(45-24(2)44-23)11-12-32(51)49-19-25(20-49)18-48(3)37-30-17-43-35(29-9-4-7-26-8-5-10-31(40)33(26)29)34(42)36(30)46-38(47-37)52-22-39-13-6-14-50(39)21-27(41)16-39/h4-5,7-12,15,17,25,27H,6,13-14,16,18-22H2,1-3H3/b12-11+/t27-,39+/m1/s1. The molecule has 3 aliphatic rings. The van der Waals surface area contributed by atoms with E-state index < -0.39 is 17.5 Å². The summed E-state index contributed by atoms with van der Waals surface area (Å²) in [5, 5.41) is 2.49. The largest absolute Gasteiger partial charge is 0.461 e. The van der Waals surface area contributed by atoms with Crippen molar-refractivity contribution in [3.8, 4) is 17.3 Å². The molecule has 0 N–H and O–H groups in total. The average Bonchev–Trinajstić information content (AvgIpc) is 3.63. The molecule has 2 aromatic carbocycles. The lowest BCUT2D eigenvalue weighted by Gasteiger charge is -2.40. The summed E-state index contributed by atoms with van der Waals surface area (Å²) in [5.74, 6) is 0.565. The van der Waals surface area contributed by atoms with E-state index in [1.54, 1.807) is 29.3 Å². The molecule has 3 fully saturated rings. The van der Waals surface area contributed by atoms with Gasteiger partial charge >= 0.3 is 6.01 Å². The molecular formula is C39H39ClF2N8O2. The molecule has 13 heteroatoms. The Bertz CT molecular complexity index is 2210. The van der Waals surface area contributed by atoms with Gasteiger partial charge in [0.1, 0.15) is 35.6 Å². The van der Waals surface area contributed by atoms with E-state index in [1.165, 1.54) is 6.08 Å². The van der Waals surface area contributed by atoms with Crippen LogP contribution in [0.1, 0.15) is 36.5 Å². The van der Waals surface area contributed by atoms with Crippen LogP contribution >= 0.6 is 11.6 Å². The number of hydrogen-bond acceptors (Lipinski definition) is 9. The van der Waals surface area contributed by atoms with Gasteiger partial charge in [-0.05, 0) is 56.8 Å². The number of rotatable bonds is 9. The lowest BCUT2D eigenvalue weighted by molar-refractivity contribution is -0.131. The minimum Gasteiger partial charge on any atom is -0.461 e. The average molecular weight is 725 g/mol. The van der Waals surface area contributed by atoms with Gasteiger partial charge in [0.25, 0.3) is 0 Å². The number of likely N-dealkylation sites (tertiary alicyclic amines) is 1. The molecule has 10 nitrogen and oxygen atoms in total. The normalized spacial score (nSPS) is 20.6. The van der Waals surface area contributed by atoms with Gasteiger partial charge in [-0.3, -0.25) is 14.7 Å². The lowest BCUT2D eigenvalue weighted by atomic mass is 9.95. The number of benzene rings is 2. The number of alkyl halides is 1. The maximum absolute atomic E-state index is 16.8. The molecule has 0 saturated carbocycles. The molecule has 52 heavy (non-hydrogen) atoms. The van der Waals surface area contributed by atoms with Crippen LogP contribution in [0, 0.1) is 25.6 Å². The Morgan fingerprint density at radius 3 is 2.73 bits per heavy atom. The van der Waals surface area contributed by atoms with E-state index in [0.29, 0.717) is 71.3 Å². The van der Waals surface area contributed by atoms with E-state index in [0.717, 1.165) is 30.5 Å². The monoisotopic (exact) mass is 724 g/mol. The molecule has 0 bridgehead atoms. The Kier molecular flexibility index (Phi) is 8.99. The molecule has 0 unspecified atom stereocenters. The molecule has 0 radical (unpaired) electrons. The van der Waals surface area contributed by atoms with Crippen molar-refractivity contribution in [3.05, 3.63) is 82.8 Å². The summed E-state index contributed by atoms with van der Waals surface area (Å²) in [6.45, 7) is 6.81. The first-order valence-electron chi connectivity index (χ1n) is 17.6. The van der Waals surface area contributed by atoms with Crippen LogP contribution in [-0.2, 0) is 4.79 Å². The second kappa shape index (κ2) is 13.6. The van der Waals surface area contributed by atoms with E-state index in [-0.39, 0.29) is 35.7 Å². The van der Waals surface area contributed by atoms with Crippen LogP contribution in [0.25, 0.3) is 39.0 Å². The molecule has 8 rings (SSSR count). The molecule has 268 valence electrons. The Balaban J connectivity index is 1.07. The maximum atomic E-state index is 16.8. The first-order valence-corrected chi connectivity index (χ1v) is 18.0. The number of carbonyl (C=O) groups excluding carboxylic acids is 1. The highest BCUT2D eigenvalue weighted by molar-refractivity contribution is 6.36. The summed E-state index contributed by atoms with van der Waals surface area (Å²) in [6.07, 6.45) is 6.12. The third-order valence-corrected chi connectivity index (χ3v) is 10.8. The fourth-order valence-electron chi connectivity index (χ4n) is 8.14. The fraction of sp³-hybridized carbons (Fsp3) is 0.385. The van der Waals surface area contributed by atoms with Crippen LogP contribution in [0.15, 0.2) is 54.7 Å². The maximum Gasteiger partial charge on any atom is 0.319 e. The number of nitrogens with zero attached hydrogens (tertiary/aromatic N) is 8. The Morgan fingerprint density at radius 1 is 1.12 bits per heavy atom. The van der Waals surface area contributed by atoms with E-state index in [4.69, 9.17) is 21.3 Å². The van der Waals surface area contributed by atoms with Gasteiger partial charge in [0, 0.05) is 79.5 Å². The van der Waals surface area contributed by atoms with E-state index in [2.05, 4.69) is 24.8 Å². The fourth-order valence-corrected chi connectivity index (χ4v) is 8.42. The zero-order valence-corrected chi connectivity index (χ0v) is 30.1. The molecule has 5 aromatic rings. The van der Waals surface area contributed by atoms with Gasteiger partial charge in [-0.2, -0.15) is 9.97 Å². The molecule has 0 aliphatic carbocycles. The molecule has 6 heterocycles. The molecule has 3 aliphatic heterocycles. The number of anilines is 1. The van der Waals surface area contributed by atoms with Crippen molar-refractivity contribution in [1.29, 1.82) is 0 Å². The first kappa shape index (κ1) is 34.3. The van der Waals surface area contributed by atoms with Crippen LogP contribution < -0.4 is 9.64 Å². The van der Waals surface area contributed by atoms with Gasteiger partial charge < -0.3 is 14.5 Å². The number of aryl methyl sites for hydroxylation is 2. The zero-order valence-electron chi connectivity index (χ0n) is 29.3. The molecular weight excluding hydrogens is 686 g/mol. The van der Waals surface area contributed by atoms with Gasteiger partial charge in [-0.15, -0.1) is 0 Å². The van der Waals surface area contributed by atoms with E-state index in [9.17, 15) is 9.18 Å². The van der Waals surface area contributed by atoms with Gasteiger partial charge in [0.05, 0.1) is 16.6 Å². The van der Waals surface area contributed by atoms with Gasteiger partial charge in [0.15, 0.2) is 5.82 Å². The number of hydrogen-bond donors (Lipinski definition) is 0. The highest BCUT2D eigenvalue weighted by Crippen LogP contribution is 2.41. The highest BCUT2D eigenvalue weighted by Gasteiger charge is 2.49. The van der Waals surface area contributed by atoms with Gasteiger partial charge in [-0.25, -0.2) is 18.7 Å². The predicted octanol–water partition coefficient (Wildman–Crippen LogP) is 6.61. The van der Waals surface area contributed by atoms with Crippen LogP contribution in [0.4, 0.5) is 14.6 Å². The smallest absolute Gasteiger partial charge is 0.319 e. The Morgan fingerprint density at radius 2 is 1.92 bits per heavy atom. The second-order valence-electron chi connectivity index (χ2n) is 14.3. The molecule has 0 spiro atoms. The van der Waals surface area contributed by atoms with Crippen LogP contribution in [-0.4, -0.2) is 98.7 Å². The van der Waals surface area contributed by atoms with Crippen molar-refractivity contribution in [1.82, 2.24) is 34.7 Å². The number of halogens is 3. The summed E-state index contributed by atoms with van der Waals surface area (Å²) < 4.78 is 37.6. The third kappa shape index (κ3) is 6.43. The van der Waals surface area contributed by atoms with Gasteiger partial charge in [-0.1, -0.05) is 41.9 Å². The second-order valence-corrected chi connectivity index (χ2v) is 14.7. The Hall–Kier alpha value is -4.81. The van der Waals surface area contributed by atoms with Crippen molar-refractivity contribution in [2.45, 2.75) is 44.8 Å². The number of pyridine rings is 1. The summed E-state index contributed by atoms with van der Waals surface area (Å²) in [7, 11) is 1.88. The summed E-state index contributed by atoms with van der Waals surface area (Å²) in [5.41, 5.74) is 1.85. The number of carbonyl (C=O) groups is 1. The topological polar surface area (TPSA) is 100 Å². The lowest BCUT2D eigenvalue weighted by Crippen LogP contribution is -2.53. The van der Waals surface area contributed by atoms with Crippen LogP contribution in [0.3, 0.4) is 0 Å². The molecule has 3 saturated heterocycles. The number of amides is 1. The predicted molar refractivity (Wildman–Crippen MR) is 198 cm³/mol. The minimum atomic E-state index is -0.910. The minimum absolute atomic E-state index is 0.0237. The summed E-state index contributed by atoms with van der Waals surface area (Å²) >= 11 is 6.62. The van der Waals surface area contributed by atoms with Crippen molar-refractivity contribution in [2.75, 3.05) is 51.3 Å². The van der Waals surface area contributed by atoms with Crippen molar-refractivity contribution in [2.24, 2.45) is 5.92 Å². The van der Waals surface area contributed by atoms with Crippen LogP contribution in [0.2, 0.25) is 5.02 Å². The van der Waals surface area contributed by atoms with E-state index in [1.807, 2.05) is 56.1 Å². The number of ether oxygens (including phenoxy) is 1. The van der Waals surface area contributed by atoms with E-state index >= 15 is 4.39 Å².